The van der Waals surface area contributed by atoms with Crippen LogP contribution >= 0.6 is 0 Å². The highest BCUT2D eigenvalue weighted by molar-refractivity contribution is 6.23. The normalized spacial score (nSPS) is 24.9. The summed E-state index contributed by atoms with van der Waals surface area (Å²) in [6.07, 6.45) is -0.415. The van der Waals surface area contributed by atoms with Gasteiger partial charge in [0.25, 0.3) is 5.91 Å². The molecule has 232 valence electrons. The maximum absolute atomic E-state index is 14.0. The number of Topliss-reactive ketones (excluding diaryl/α,β-unsaturated/α-hetero) is 2. The molecule has 11 nitrogen and oxygen atoms in total. The van der Waals surface area contributed by atoms with Crippen LogP contribution in [0, 0.1) is 23.7 Å². The number of rotatable bonds is 4. The number of phenolic OH excluding ortho intramolecular Hbond substituents is 1. The van der Waals surface area contributed by atoms with E-state index in [9.17, 15) is 39.6 Å². The van der Waals surface area contributed by atoms with E-state index in [1.54, 1.807) is 65.0 Å². The number of aromatic hydroxyl groups is 1. The average molecular weight is 605 g/mol. The van der Waals surface area contributed by atoms with Gasteiger partial charge in [0.2, 0.25) is 5.78 Å². The number of nitrogens with one attached hydrogen (secondary N) is 1. The number of ether oxygens (including phenoxy) is 1. The summed E-state index contributed by atoms with van der Waals surface area (Å²) < 4.78 is 5.29. The number of aliphatic hydroxyl groups excluding tert-OH is 2. The van der Waals surface area contributed by atoms with Crippen LogP contribution in [0.2, 0.25) is 0 Å². The summed E-state index contributed by atoms with van der Waals surface area (Å²) >= 11 is 0. The molecule has 2 aromatic carbocycles. The van der Waals surface area contributed by atoms with E-state index in [0.717, 1.165) is 0 Å². The van der Waals surface area contributed by atoms with E-state index in [-0.39, 0.29) is 29.7 Å². The minimum Gasteiger partial charge on any atom is -0.508 e. The van der Waals surface area contributed by atoms with Gasteiger partial charge in [0.05, 0.1) is 5.56 Å². The Morgan fingerprint density at radius 1 is 1.05 bits per heavy atom. The summed E-state index contributed by atoms with van der Waals surface area (Å²) in [6.45, 7) is 8.69. The van der Waals surface area contributed by atoms with Crippen LogP contribution in [0.15, 0.2) is 53.3 Å². The van der Waals surface area contributed by atoms with Crippen LogP contribution in [-0.4, -0.2) is 55.2 Å². The molecule has 44 heavy (non-hydrogen) atoms. The SMILES string of the molecule is CC(C)[C@@H]1C(=O)C(C(N)=O)=C(O)[C@@]2(O)C(=O)C3=C(O)c4c(O)ccc(-c5ccc(NC(=O)OC(C)(C)C)cc5)c4C[C@H]3C[C@@H]12. The Balaban J connectivity index is 1.58. The molecule has 0 spiro atoms. The number of nitrogens with two attached hydrogens (primary N) is 1. The van der Waals surface area contributed by atoms with Gasteiger partial charge in [-0.25, -0.2) is 4.79 Å². The Hall–Kier alpha value is -4.64. The number of hydrogen-bond donors (Lipinski definition) is 6. The molecule has 4 atom stereocenters. The molecule has 7 N–H and O–H groups in total. The zero-order valence-corrected chi connectivity index (χ0v) is 25.1. The molecule has 0 bridgehead atoms. The molecular weight excluding hydrogens is 568 g/mol. The number of anilines is 1. The topological polar surface area (TPSA) is 196 Å². The maximum Gasteiger partial charge on any atom is 0.412 e. The monoisotopic (exact) mass is 604 g/mol. The van der Waals surface area contributed by atoms with Crippen LogP contribution in [0.1, 0.15) is 52.2 Å². The summed E-state index contributed by atoms with van der Waals surface area (Å²) in [5, 5.41) is 47.7. The molecule has 0 unspecified atom stereocenters. The third-order valence-corrected chi connectivity index (χ3v) is 8.69. The fraction of sp³-hybridized carbons (Fsp3) is 0.394. The molecule has 2 amide bonds. The maximum atomic E-state index is 14.0. The lowest BCUT2D eigenvalue weighted by Gasteiger charge is -2.50. The summed E-state index contributed by atoms with van der Waals surface area (Å²) in [5.74, 6) is -8.18. The molecule has 1 saturated carbocycles. The van der Waals surface area contributed by atoms with E-state index in [1.807, 2.05) is 0 Å². The number of amides is 2. The first-order valence-electron chi connectivity index (χ1n) is 14.4. The molecule has 3 aliphatic rings. The second kappa shape index (κ2) is 10.5. The Labute approximate surface area is 254 Å². The van der Waals surface area contributed by atoms with Gasteiger partial charge in [0.1, 0.15) is 28.4 Å². The summed E-state index contributed by atoms with van der Waals surface area (Å²) in [4.78, 5) is 51.7. The molecule has 2 aromatic rings. The van der Waals surface area contributed by atoms with Crippen molar-refractivity contribution < 1.29 is 44.3 Å². The molecule has 1 fully saturated rings. The van der Waals surface area contributed by atoms with Gasteiger partial charge in [-0.3, -0.25) is 19.7 Å². The van der Waals surface area contributed by atoms with Gasteiger partial charge < -0.3 is 30.9 Å². The van der Waals surface area contributed by atoms with Crippen molar-refractivity contribution in [1.82, 2.24) is 0 Å². The van der Waals surface area contributed by atoms with Crippen LogP contribution in [0.4, 0.5) is 10.5 Å². The average Bonchev–Trinajstić information content (AvgIpc) is 2.90. The number of aliphatic hydroxyl groups is 3. The molecule has 3 aliphatic carbocycles. The lowest BCUT2D eigenvalue weighted by Crippen LogP contribution is -2.62. The quantitative estimate of drug-likeness (QED) is 0.275. The van der Waals surface area contributed by atoms with Crippen molar-refractivity contribution in [2.45, 2.75) is 58.7 Å². The van der Waals surface area contributed by atoms with Gasteiger partial charge in [-0.05, 0) is 80.3 Å². The molecule has 11 heteroatoms. The highest BCUT2D eigenvalue weighted by Gasteiger charge is 2.64. The first-order chi connectivity index (χ1) is 20.5. The number of fused-ring (bicyclic) bond motifs is 3. The summed E-state index contributed by atoms with van der Waals surface area (Å²) in [7, 11) is 0. The number of primary amides is 1. The van der Waals surface area contributed by atoms with Crippen LogP contribution in [0.25, 0.3) is 16.9 Å². The van der Waals surface area contributed by atoms with E-state index in [4.69, 9.17) is 10.5 Å². The van der Waals surface area contributed by atoms with Crippen molar-refractivity contribution in [1.29, 1.82) is 0 Å². The smallest absolute Gasteiger partial charge is 0.412 e. The number of carbonyl (C=O) groups is 4. The van der Waals surface area contributed by atoms with Crippen molar-refractivity contribution in [2.24, 2.45) is 29.4 Å². The first-order valence-corrected chi connectivity index (χ1v) is 14.4. The number of hydrogen-bond acceptors (Lipinski definition) is 9. The third-order valence-electron chi connectivity index (χ3n) is 8.69. The number of benzene rings is 2. The second-order valence-corrected chi connectivity index (χ2v) is 13.0. The summed E-state index contributed by atoms with van der Waals surface area (Å²) in [6, 6.07) is 9.92. The third kappa shape index (κ3) is 4.81. The van der Waals surface area contributed by atoms with Gasteiger partial charge >= 0.3 is 6.09 Å². The minimum atomic E-state index is -2.66. The van der Waals surface area contributed by atoms with Gasteiger partial charge in [-0.1, -0.05) is 32.0 Å². The lowest BCUT2D eigenvalue weighted by atomic mass is 9.54. The van der Waals surface area contributed by atoms with Gasteiger partial charge in [0.15, 0.2) is 11.4 Å². The van der Waals surface area contributed by atoms with Crippen LogP contribution in [0.3, 0.4) is 0 Å². The largest absolute Gasteiger partial charge is 0.508 e. The van der Waals surface area contributed by atoms with Gasteiger partial charge in [0, 0.05) is 23.1 Å². The predicted octanol–water partition coefficient (Wildman–Crippen LogP) is 4.32. The summed E-state index contributed by atoms with van der Waals surface area (Å²) in [5.41, 5.74) is 3.43. The zero-order chi connectivity index (χ0) is 32.5. The van der Waals surface area contributed by atoms with E-state index in [1.165, 1.54) is 6.07 Å². The standard InChI is InChI=1S/C33H36N2O9/c1-14(2)22-20-13-16-12-19-18(15-6-8-17(9-7-15)35-31(42)44-32(3,4)5)10-11-21(36)24(19)27(38)23(16)28(39)33(20,43)29(40)25(26(22)37)30(34)41/h6-11,14,16,20,22,36,38,40,43H,12-13H2,1-5H3,(H2,34,41)(H,35,42)/t16-,20-,22-,33-/m0/s1. The Kier molecular flexibility index (Phi) is 7.36. The molecule has 0 aromatic heterocycles. The van der Waals surface area contributed by atoms with E-state index >= 15 is 0 Å². The molecule has 0 saturated heterocycles. The van der Waals surface area contributed by atoms with Crippen LogP contribution in [0.5, 0.6) is 5.75 Å². The predicted molar refractivity (Wildman–Crippen MR) is 160 cm³/mol. The first kappa shape index (κ1) is 30.8. The number of phenols is 1. The minimum absolute atomic E-state index is 0.00555. The van der Waals surface area contributed by atoms with Crippen LogP contribution in [-0.2, 0) is 25.5 Å². The molecule has 0 radical (unpaired) electrons. The lowest BCUT2D eigenvalue weighted by molar-refractivity contribution is -0.155. The zero-order valence-electron chi connectivity index (χ0n) is 25.1. The molecular formula is C33H36N2O9. The van der Waals surface area contributed by atoms with E-state index in [2.05, 4.69) is 5.32 Å². The number of carbonyl (C=O) groups excluding carboxylic acids is 4. The van der Waals surface area contributed by atoms with Crippen molar-refractivity contribution in [3.63, 3.8) is 0 Å². The molecule has 0 aliphatic heterocycles. The fourth-order valence-corrected chi connectivity index (χ4v) is 6.91. The highest BCUT2D eigenvalue weighted by atomic mass is 16.6. The van der Waals surface area contributed by atoms with Crippen molar-refractivity contribution in [3.8, 4) is 16.9 Å². The second-order valence-electron chi connectivity index (χ2n) is 13.0. The highest BCUT2D eigenvalue weighted by Crippen LogP contribution is 2.55. The van der Waals surface area contributed by atoms with Crippen molar-refractivity contribution in [3.05, 3.63) is 64.4 Å². The van der Waals surface area contributed by atoms with E-state index in [0.29, 0.717) is 22.4 Å². The molecule has 0 heterocycles. The van der Waals surface area contributed by atoms with E-state index < -0.39 is 75.5 Å². The Morgan fingerprint density at radius 3 is 2.25 bits per heavy atom. The van der Waals surface area contributed by atoms with Gasteiger partial charge in [-0.2, -0.15) is 0 Å². The Bertz CT molecular complexity index is 1660. The molecule has 5 rings (SSSR count). The number of ketones is 2. The van der Waals surface area contributed by atoms with Crippen molar-refractivity contribution >= 4 is 35.0 Å². The van der Waals surface area contributed by atoms with Crippen molar-refractivity contribution in [2.75, 3.05) is 5.32 Å². The Morgan fingerprint density at radius 2 is 1.68 bits per heavy atom. The van der Waals surface area contributed by atoms with Crippen LogP contribution < -0.4 is 11.1 Å². The fourth-order valence-electron chi connectivity index (χ4n) is 6.91. The van der Waals surface area contributed by atoms with Gasteiger partial charge in [-0.15, -0.1) is 0 Å².